The average molecular weight is 294 g/mol. The molecular formula is C13H18N4O4. The summed E-state index contributed by atoms with van der Waals surface area (Å²) in [6.45, 7) is 1.87. The molecule has 0 aliphatic carbocycles. The van der Waals surface area contributed by atoms with E-state index in [1.54, 1.807) is 0 Å². The molecule has 0 bridgehead atoms. The van der Waals surface area contributed by atoms with Crippen LogP contribution in [0.1, 0.15) is 13.3 Å². The van der Waals surface area contributed by atoms with Crippen molar-refractivity contribution in [3.63, 3.8) is 0 Å². The monoisotopic (exact) mass is 294 g/mol. The largest absolute Gasteiger partial charge is 0.324 e. The van der Waals surface area contributed by atoms with Crippen LogP contribution in [-0.2, 0) is 9.59 Å². The van der Waals surface area contributed by atoms with E-state index in [9.17, 15) is 19.7 Å². The SMILES string of the molecule is CC(=O)Nc1cc([N+](=O)[O-])ccc1NC(=O)CCN(C)C. The first-order valence-electron chi connectivity index (χ1n) is 6.30. The van der Waals surface area contributed by atoms with Crippen LogP contribution in [0.3, 0.4) is 0 Å². The van der Waals surface area contributed by atoms with Gasteiger partial charge in [0.05, 0.1) is 16.3 Å². The average Bonchev–Trinajstić information content (AvgIpc) is 2.37. The van der Waals surface area contributed by atoms with Crippen molar-refractivity contribution < 1.29 is 14.5 Å². The van der Waals surface area contributed by atoms with Gasteiger partial charge in [0.25, 0.3) is 5.69 Å². The number of hydrogen-bond acceptors (Lipinski definition) is 5. The molecule has 0 atom stereocenters. The Labute approximate surface area is 122 Å². The Hall–Kier alpha value is -2.48. The Bertz CT molecular complexity index is 557. The maximum Gasteiger partial charge on any atom is 0.271 e. The molecule has 0 aliphatic heterocycles. The van der Waals surface area contributed by atoms with Gasteiger partial charge in [-0.05, 0) is 20.2 Å². The highest BCUT2D eigenvalue weighted by Crippen LogP contribution is 2.27. The first kappa shape index (κ1) is 16.6. The van der Waals surface area contributed by atoms with Gasteiger partial charge >= 0.3 is 0 Å². The predicted octanol–water partition coefficient (Wildman–Crippen LogP) is 1.44. The van der Waals surface area contributed by atoms with Gasteiger partial charge in [-0.3, -0.25) is 19.7 Å². The van der Waals surface area contributed by atoms with E-state index in [1.165, 1.54) is 25.1 Å². The molecular weight excluding hydrogens is 276 g/mol. The lowest BCUT2D eigenvalue weighted by Crippen LogP contribution is -2.21. The Morgan fingerprint density at radius 1 is 1.24 bits per heavy atom. The minimum absolute atomic E-state index is 0.162. The van der Waals surface area contributed by atoms with Crippen LogP contribution < -0.4 is 10.6 Å². The van der Waals surface area contributed by atoms with E-state index < -0.39 is 4.92 Å². The number of amides is 2. The second-order valence-electron chi connectivity index (χ2n) is 4.77. The van der Waals surface area contributed by atoms with Crippen LogP contribution >= 0.6 is 0 Å². The third-order valence-corrected chi connectivity index (χ3v) is 2.58. The Morgan fingerprint density at radius 2 is 1.90 bits per heavy atom. The fourth-order valence-corrected chi connectivity index (χ4v) is 1.59. The van der Waals surface area contributed by atoms with E-state index in [-0.39, 0.29) is 29.6 Å². The molecule has 114 valence electrons. The molecule has 0 saturated heterocycles. The zero-order valence-electron chi connectivity index (χ0n) is 12.2. The lowest BCUT2D eigenvalue weighted by atomic mass is 10.2. The quantitative estimate of drug-likeness (QED) is 0.610. The summed E-state index contributed by atoms with van der Waals surface area (Å²) in [5, 5.41) is 15.9. The van der Waals surface area contributed by atoms with Gasteiger partial charge in [0.2, 0.25) is 11.8 Å². The molecule has 0 spiro atoms. The van der Waals surface area contributed by atoms with Crippen molar-refractivity contribution in [3.8, 4) is 0 Å². The number of nitro groups is 1. The van der Waals surface area contributed by atoms with Gasteiger partial charge in [-0.15, -0.1) is 0 Å². The van der Waals surface area contributed by atoms with Crippen molar-refractivity contribution in [3.05, 3.63) is 28.3 Å². The number of hydrogen-bond donors (Lipinski definition) is 2. The van der Waals surface area contributed by atoms with Crippen LogP contribution in [-0.4, -0.2) is 42.3 Å². The molecule has 0 radical (unpaired) electrons. The fourth-order valence-electron chi connectivity index (χ4n) is 1.59. The molecule has 1 rings (SSSR count). The number of anilines is 2. The van der Waals surface area contributed by atoms with Crippen LogP contribution in [0.15, 0.2) is 18.2 Å². The summed E-state index contributed by atoms with van der Waals surface area (Å²) in [4.78, 5) is 35.0. The van der Waals surface area contributed by atoms with Crippen molar-refractivity contribution in [2.75, 3.05) is 31.3 Å². The van der Waals surface area contributed by atoms with Crippen molar-refractivity contribution in [1.29, 1.82) is 0 Å². The molecule has 0 heterocycles. The minimum atomic E-state index is -0.567. The summed E-state index contributed by atoms with van der Waals surface area (Å²) in [6, 6.07) is 3.88. The van der Waals surface area contributed by atoms with Gasteiger partial charge in [-0.25, -0.2) is 0 Å². The lowest BCUT2D eigenvalue weighted by molar-refractivity contribution is -0.384. The van der Waals surface area contributed by atoms with Gasteiger partial charge < -0.3 is 15.5 Å². The minimum Gasteiger partial charge on any atom is -0.324 e. The van der Waals surface area contributed by atoms with Crippen LogP contribution in [0.5, 0.6) is 0 Å². The van der Waals surface area contributed by atoms with E-state index in [0.29, 0.717) is 12.2 Å². The van der Waals surface area contributed by atoms with Crippen LogP contribution in [0.2, 0.25) is 0 Å². The molecule has 1 aromatic rings. The smallest absolute Gasteiger partial charge is 0.271 e. The van der Waals surface area contributed by atoms with Crippen molar-refractivity contribution in [1.82, 2.24) is 4.90 Å². The van der Waals surface area contributed by atoms with Gasteiger partial charge in [0.1, 0.15) is 0 Å². The molecule has 2 N–H and O–H groups in total. The third-order valence-electron chi connectivity index (χ3n) is 2.58. The first-order valence-corrected chi connectivity index (χ1v) is 6.30. The fraction of sp³-hybridized carbons (Fsp3) is 0.385. The number of carbonyl (C=O) groups is 2. The van der Waals surface area contributed by atoms with E-state index in [4.69, 9.17) is 0 Å². The van der Waals surface area contributed by atoms with Gasteiger partial charge in [0.15, 0.2) is 0 Å². The van der Waals surface area contributed by atoms with Gasteiger partial charge in [-0.2, -0.15) is 0 Å². The molecule has 21 heavy (non-hydrogen) atoms. The Kier molecular flexibility index (Phi) is 5.79. The lowest BCUT2D eigenvalue weighted by Gasteiger charge is -2.13. The normalized spacial score (nSPS) is 10.3. The number of nitrogens with one attached hydrogen (secondary N) is 2. The molecule has 1 aromatic carbocycles. The number of non-ortho nitro benzene ring substituents is 1. The number of nitro benzene ring substituents is 1. The molecule has 0 unspecified atom stereocenters. The summed E-state index contributed by atoms with van der Waals surface area (Å²) in [5.74, 6) is -0.608. The summed E-state index contributed by atoms with van der Waals surface area (Å²) < 4.78 is 0. The molecule has 0 saturated carbocycles. The summed E-state index contributed by atoms with van der Waals surface area (Å²) in [5.41, 5.74) is 0.375. The van der Waals surface area contributed by atoms with Crippen molar-refractivity contribution >= 4 is 28.9 Å². The summed E-state index contributed by atoms with van der Waals surface area (Å²) >= 11 is 0. The van der Waals surface area contributed by atoms with E-state index >= 15 is 0 Å². The molecule has 8 nitrogen and oxygen atoms in total. The molecule has 0 aromatic heterocycles. The standard InChI is InChI=1S/C13H18N4O4/c1-9(18)14-12-8-10(17(20)21)4-5-11(12)15-13(19)6-7-16(2)3/h4-5,8H,6-7H2,1-3H3,(H,14,18)(H,15,19). The Morgan fingerprint density at radius 3 is 2.43 bits per heavy atom. The highest BCUT2D eigenvalue weighted by molar-refractivity contribution is 5.99. The summed E-state index contributed by atoms with van der Waals surface area (Å²) in [6.07, 6.45) is 0.281. The topological polar surface area (TPSA) is 105 Å². The maximum atomic E-state index is 11.8. The van der Waals surface area contributed by atoms with Crippen molar-refractivity contribution in [2.45, 2.75) is 13.3 Å². The van der Waals surface area contributed by atoms with Crippen LogP contribution in [0.4, 0.5) is 17.1 Å². The zero-order valence-corrected chi connectivity index (χ0v) is 12.2. The van der Waals surface area contributed by atoms with Crippen LogP contribution in [0.25, 0.3) is 0 Å². The maximum absolute atomic E-state index is 11.8. The highest BCUT2D eigenvalue weighted by Gasteiger charge is 2.13. The number of carbonyl (C=O) groups excluding carboxylic acids is 2. The first-order chi connectivity index (χ1) is 9.79. The second kappa shape index (κ2) is 7.34. The third kappa shape index (κ3) is 5.57. The molecule has 2 amide bonds. The van der Waals surface area contributed by atoms with Gasteiger partial charge in [-0.1, -0.05) is 0 Å². The number of nitrogens with zero attached hydrogens (tertiary/aromatic N) is 2. The van der Waals surface area contributed by atoms with E-state index in [2.05, 4.69) is 10.6 Å². The zero-order chi connectivity index (χ0) is 16.0. The molecule has 0 fully saturated rings. The number of benzene rings is 1. The molecule has 8 heteroatoms. The predicted molar refractivity (Wildman–Crippen MR) is 79.2 cm³/mol. The van der Waals surface area contributed by atoms with E-state index in [1.807, 2.05) is 19.0 Å². The van der Waals surface area contributed by atoms with Crippen molar-refractivity contribution in [2.24, 2.45) is 0 Å². The number of rotatable bonds is 6. The second-order valence-corrected chi connectivity index (χ2v) is 4.77. The van der Waals surface area contributed by atoms with E-state index in [0.717, 1.165) is 0 Å². The highest BCUT2D eigenvalue weighted by atomic mass is 16.6. The Balaban J connectivity index is 2.91. The van der Waals surface area contributed by atoms with Crippen LogP contribution in [0, 0.1) is 10.1 Å². The molecule has 0 aliphatic rings. The summed E-state index contributed by atoms with van der Waals surface area (Å²) in [7, 11) is 3.70. The van der Waals surface area contributed by atoms with Gasteiger partial charge in [0, 0.05) is 32.0 Å².